The number of rotatable bonds is 3. The normalized spacial score (nSPS) is 20.2. The van der Waals surface area contributed by atoms with Crippen LogP contribution in [0.15, 0.2) is 0 Å². The van der Waals surface area contributed by atoms with Crippen LogP contribution in [0.2, 0.25) is 0 Å². The van der Waals surface area contributed by atoms with Crippen LogP contribution in [0.5, 0.6) is 0 Å². The molecule has 1 aliphatic rings. The Balaban J connectivity index is 1.97. The summed E-state index contributed by atoms with van der Waals surface area (Å²) in [7, 11) is 0. The maximum Gasteiger partial charge on any atom is 0.225 e. The summed E-state index contributed by atoms with van der Waals surface area (Å²) in [5, 5.41) is 4.09. The SMILES string of the molecule is CC(=O)N1CCCC(C(=O)NC(C)c2sc(C)nc2C)C1. The largest absolute Gasteiger partial charge is 0.348 e. The van der Waals surface area contributed by atoms with E-state index in [0.29, 0.717) is 6.54 Å². The fourth-order valence-electron chi connectivity index (χ4n) is 2.82. The van der Waals surface area contributed by atoms with E-state index in [4.69, 9.17) is 0 Å². The molecule has 1 saturated heterocycles. The summed E-state index contributed by atoms with van der Waals surface area (Å²) in [4.78, 5) is 31.1. The summed E-state index contributed by atoms with van der Waals surface area (Å²) >= 11 is 1.63. The average Bonchev–Trinajstić information content (AvgIpc) is 2.77. The Kier molecular flexibility index (Phi) is 4.98. The topological polar surface area (TPSA) is 62.3 Å². The van der Waals surface area contributed by atoms with Gasteiger partial charge in [0.25, 0.3) is 0 Å². The Labute approximate surface area is 129 Å². The van der Waals surface area contributed by atoms with Gasteiger partial charge in [0.05, 0.1) is 22.7 Å². The van der Waals surface area contributed by atoms with E-state index in [-0.39, 0.29) is 23.8 Å². The van der Waals surface area contributed by atoms with Crippen LogP contribution in [0.25, 0.3) is 0 Å². The van der Waals surface area contributed by atoms with Crippen molar-refractivity contribution < 1.29 is 9.59 Å². The minimum atomic E-state index is -0.0978. The van der Waals surface area contributed by atoms with Gasteiger partial charge >= 0.3 is 0 Å². The molecule has 0 spiro atoms. The number of nitrogens with zero attached hydrogens (tertiary/aromatic N) is 2. The zero-order chi connectivity index (χ0) is 15.6. The molecular weight excluding hydrogens is 286 g/mol. The lowest BCUT2D eigenvalue weighted by Crippen LogP contribution is -2.45. The van der Waals surface area contributed by atoms with E-state index in [1.807, 2.05) is 20.8 Å². The van der Waals surface area contributed by atoms with Gasteiger partial charge in [0.1, 0.15) is 0 Å². The number of piperidine rings is 1. The zero-order valence-electron chi connectivity index (χ0n) is 13.1. The Bertz CT molecular complexity index is 541. The maximum atomic E-state index is 12.4. The Morgan fingerprint density at radius 1 is 1.43 bits per heavy atom. The lowest BCUT2D eigenvalue weighted by Gasteiger charge is -2.31. The van der Waals surface area contributed by atoms with Gasteiger partial charge in [-0.1, -0.05) is 0 Å². The number of hydrogen-bond donors (Lipinski definition) is 1. The number of aromatic nitrogens is 1. The molecule has 0 bridgehead atoms. The van der Waals surface area contributed by atoms with E-state index < -0.39 is 0 Å². The molecule has 6 heteroatoms. The molecule has 1 fully saturated rings. The predicted molar refractivity (Wildman–Crippen MR) is 83.1 cm³/mol. The molecule has 0 aliphatic carbocycles. The molecule has 0 radical (unpaired) electrons. The number of aryl methyl sites for hydroxylation is 2. The molecule has 1 N–H and O–H groups in total. The van der Waals surface area contributed by atoms with Crippen molar-refractivity contribution in [1.82, 2.24) is 15.2 Å². The number of nitrogens with one attached hydrogen (secondary N) is 1. The summed E-state index contributed by atoms with van der Waals surface area (Å²) in [5.41, 5.74) is 0.985. The van der Waals surface area contributed by atoms with Gasteiger partial charge in [-0.25, -0.2) is 4.98 Å². The number of carbonyl (C=O) groups is 2. The average molecular weight is 309 g/mol. The molecule has 1 aromatic heterocycles. The van der Waals surface area contributed by atoms with Crippen LogP contribution in [0.3, 0.4) is 0 Å². The van der Waals surface area contributed by atoms with Gasteiger partial charge < -0.3 is 10.2 Å². The highest BCUT2D eigenvalue weighted by Crippen LogP contribution is 2.25. The van der Waals surface area contributed by atoms with Crippen LogP contribution in [-0.2, 0) is 9.59 Å². The lowest BCUT2D eigenvalue weighted by molar-refractivity contribution is -0.134. The summed E-state index contributed by atoms with van der Waals surface area (Å²) in [6.07, 6.45) is 1.74. The monoisotopic (exact) mass is 309 g/mol. The van der Waals surface area contributed by atoms with Gasteiger partial charge in [-0.2, -0.15) is 0 Å². The van der Waals surface area contributed by atoms with Crippen molar-refractivity contribution in [3.8, 4) is 0 Å². The standard InChI is InChI=1S/C15H23N3O2S/c1-9-14(21-11(3)16-9)10(2)17-15(20)13-6-5-7-18(8-13)12(4)19/h10,13H,5-8H2,1-4H3,(H,17,20). The predicted octanol–water partition coefficient (Wildman–Crippen LogP) is 2.20. The van der Waals surface area contributed by atoms with Crippen molar-refractivity contribution in [2.75, 3.05) is 13.1 Å². The van der Waals surface area contributed by atoms with Crippen LogP contribution in [0.4, 0.5) is 0 Å². The van der Waals surface area contributed by atoms with Crippen LogP contribution >= 0.6 is 11.3 Å². The number of hydrogen-bond acceptors (Lipinski definition) is 4. The Morgan fingerprint density at radius 3 is 2.71 bits per heavy atom. The van der Waals surface area contributed by atoms with Crippen LogP contribution in [0.1, 0.15) is 48.3 Å². The quantitative estimate of drug-likeness (QED) is 0.931. The number of carbonyl (C=O) groups excluding carboxylic acids is 2. The molecule has 0 saturated carbocycles. The maximum absolute atomic E-state index is 12.4. The number of amides is 2. The third-order valence-electron chi connectivity index (χ3n) is 3.93. The smallest absolute Gasteiger partial charge is 0.225 e. The summed E-state index contributed by atoms with van der Waals surface area (Å²) in [6.45, 7) is 8.80. The fourth-order valence-corrected chi connectivity index (χ4v) is 3.75. The molecule has 5 nitrogen and oxygen atoms in total. The highest BCUT2D eigenvalue weighted by Gasteiger charge is 2.28. The minimum Gasteiger partial charge on any atom is -0.348 e. The summed E-state index contributed by atoms with van der Waals surface area (Å²) in [5.74, 6) is -0.00666. The van der Waals surface area contributed by atoms with Crippen molar-refractivity contribution >= 4 is 23.2 Å². The van der Waals surface area contributed by atoms with E-state index in [0.717, 1.165) is 35.0 Å². The number of thiazole rings is 1. The van der Waals surface area contributed by atoms with Crippen molar-refractivity contribution in [3.05, 3.63) is 15.6 Å². The second kappa shape index (κ2) is 6.56. The first-order chi connectivity index (χ1) is 9.88. The van der Waals surface area contributed by atoms with Crippen molar-refractivity contribution in [2.45, 2.75) is 46.6 Å². The third kappa shape index (κ3) is 3.81. The van der Waals surface area contributed by atoms with Gasteiger partial charge in [0, 0.05) is 24.9 Å². The highest BCUT2D eigenvalue weighted by atomic mass is 32.1. The summed E-state index contributed by atoms with van der Waals surface area (Å²) in [6, 6.07) is -0.0311. The first-order valence-corrected chi connectivity index (χ1v) is 8.20. The van der Waals surface area contributed by atoms with E-state index in [2.05, 4.69) is 10.3 Å². The third-order valence-corrected chi connectivity index (χ3v) is 5.18. The Morgan fingerprint density at radius 2 is 2.14 bits per heavy atom. The van der Waals surface area contributed by atoms with Gasteiger partial charge in [-0.15, -0.1) is 11.3 Å². The van der Waals surface area contributed by atoms with E-state index >= 15 is 0 Å². The van der Waals surface area contributed by atoms with Crippen LogP contribution in [0, 0.1) is 19.8 Å². The first kappa shape index (κ1) is 15.9. The molecule has 2 heterocycles. The second-order valence-corrected chi connectivity index (χ2v) is 6.95. The summed E-state index contributed by atoms with van der Waals surface area (Å²) < 4.78 is 0. The fraction of sp³-hybridized carbons (Fsp3) is 0.667. The minimum absolute atomic E-state index is 0.0311. The van der Waals surface area contributed by atoms with Crippen molar-refractivity contribution in [1.29, 1.82) is 0 Å². The zero-order valence-corrected chi connectivity index (χ0v) is 13.9. The molecule has 2 rings (SSSR count). The highest BCUT2D eigenvalue weighted by molar-refractivity contribution is 7.11. The van der Waals surface area contributed by atoms with E-state index in [9.17, 15) is 9.59 Å². The van der Waals surface area contributed by atoms with Gasteiger partial charge in [0.15, 0.2) is 0 Å². The molecular formula is C15H23N3O2S. The van der Waals surface area contributed by atoms with Gasteiger partial charge in [-0.05, 0) is 33.6 Å². The number of likely N-dealkylation sites (tertiary alicyclic amines) is 1. The van der Waals surface area contributed by atoms with Gasteiger partial charge in [0.2, 0.25) is 11.8 Å². The molecule has 116 valence electrons. The molecule has 2 atom stereocenters. The van der Waals surface area contributed by atoms with Crippen molar-refractivity contribution in [2.24, 2.45) is 5.92 Å². The molecule has 1 aromatic rings. The Hall–Kier alpha value is -1.43. The van der Waals surface area contributed by atoms with Gasteiger partial charge in [-0.3, -0.25) is 9.59 Å². The molecule has 1 aliphatic heterocycles. The molecule has 21 heavy (non-hydrogen) atoms. The molecule has 2 amide bonds. The molecule has 2 unspecified atom stereocenters. The molecule has 0 aromatic carbocycles. The van der Waals surface area contributed by atoms with E-state index in [1.165, 1.54) is 0 Å². The lowest BCUT2D eigenvalue weighted by atomic mass is 9.96. The van der Waals surface area contributed by atoms with Crippen LogP contribution < -0.4 is 5.32 Å². The van der Waals surface area contributed by atoms with Crippen LogP contribution in [-0.4, -0.2) is 34.8 Å². The first-order valence-electron chi connectivity index (χ1n) is 7.38. The second-order valence-electron chi connectivity index (χ2n) is 5.72. The van der Waals surface area contributed by atoms with E-state index in [1.54, 1.807) is 23.2 Å². The van der Waals surface area contributed by atoms with Crippen molar-refractivity contribution in [3.63, 3.8) is 0 Å².